The van der Waals surface area contributed by atoms with E-state index in [0.29, 0.717) is 27.5 Å². The van der Waals surface area contributed by atoms with E-state index in [1.807, 2.05) is 35.2 Å². The number of aromatic amines is 1. The predicted octanol–water partition coefficient (Wildman–Crippen LogP) is 2.42. The molecule has 1 aliphatic heterocycles. The van der Waals surface area contributed by atoms with Gasteiger partial charge >= 0.3 is 0 Å². The zero-order valence-electron chi connectivity index (χ0n) is 14.6. The Labute approximate surface area is 154 Å². The summed E-state index contributed by atoms with van der Waals surface area (Å²) in [5.74, 6) is -0.299. The molecule has 2 N–H and O–H groups in total. The maximum Gasteiger partial charge on any atom is 0.280 e. The number of hydrogen-bond donors (Lipinski definition) is 2. The molecule has 136 valence electrons. The Bertz CT molecular complexity index is 1190. The van der Waals surface area contributed by atoms with Crippen molar-refractivity contribution in [2.24, 2.45) is 0 Å². The highest BCUT2D eigenvalue weighted by Crippen LogP contribution is 2.28. The SMILES string of the molecule is O=c1c2cnc3cc(N4CCNCC4)c(F)cc3c2[nH]n1-c1ccccc1. The van der Waals surface area contributed by atoms with Crippen molar-refractivity contribution >= 4 is 27.5 Å². The van der Waals surface area contributed by atoms with Gasteiger partial charge in [0.2, 0.25) is 0 Å². The number of benzene rings is 2. The fourth-order valence-corrected chi connectivity index (χ4v) is 3.67. The van der Waals surface area contributed by atoms with E-state index in [9.17, 15) is 9.18 Å². The minimum absolute atomic E-state index is 0.197. The molecular weight excluding hydrogens is 345 g/mol. The number of nitrogens with one attached hydrogen (secondary N) is 2. The van der Waals surface area contributed by atoms with Gasteiger partial charge in [0.15, 0.2) is 0 Å². The van der Waals surface area contributed by atoms with Crippen LogP contribution in [0.3, 0.4) is 0 Å². The summed E-state index contributed by atoms with van der Waals surface area (Å²) in [6, 6.07) is 12.6. The van der Waals surface area contributed by atoms with Crippen molar-refractivity contribution in [1.29, 1.82) is 0 Å². The number of piperazine rings is 1. The molecule has 0 amide bonds. The van der Waals surface area contributed by atoms with Crippen LogP contribution in [0.1, 0.15) is 0 Å². The zero-order chi connectivity index (χ0) is 18.4. The number of pyridine rings is 1. The molecule has 7 heteroatoms. The standard InChI is InChI=1S/C20H18FN5O/c21-16-10-14-17(11-18(16)25-8-6-22-7-9-25)23-12-15-19(14)24-26(20(15)27)13-4-2-1-3-5-13/h1-5,10-12,22,24H,6-9H2. The molecule has 3 heterocycles. The molecule has 1 aliphatic rings. The normalized spacial score (nSPS) is 14.9. The molecule has 1 saturated heterocycles. The predicted molar refractivity (Wildman–Crippen MR) is 104 cm³/mol. The Kier molecular flexibility index (Phi) is 3.68. The lowest BCUT2D eigenvalue weighted by molar-refractivity contribution is 0.567. The number of rotatable bonds is 2. The first-order valence-corrected chi connectivity index (χ1v) is 8.96. The molecule has 4 aromatic rings. The molecule has 5 rings (SSSR count). The smallest absolute Gasteiger partial charge is 0.280 e. The molecule has 6 nitrogen and oxygen atoms in total. The molecule has 0 saturated carbocycles. The molecule has 2 aromatic carbocycles. The van der Waals surface area contributed by atoms with E-state index >= 15 is 0 Å². The number of anilines is 1. The Morgan fingerprint density at radius 1 is 1.04 bits per heavy atom. The van der Waals surface area contributed by atoms with Gasteiger partial charge in [-0.2, -0.15) is 0 Å². The van der Waals surface area contributed by atoms with Crippen LogP contribution in [0.15, 0.2) is 53.5 Å². The Morgan fingerprint density at radius 2 is 1.81 bits per heavy atom. The second-order valence-electron chi connectivity index (χ2n) is 6.69. The lowest BCUT2D eigenvalue weighted by Crippen LogP contribution is -2.43. The third-order valence-electron chi connectivity index (χ3n) is 5.07. The molecule has 0 atom stereocenters. The first kappa shape index (κ1) is 16.0. The van der Waals surface area contributed by atoms with E-state index in [1.165, 1.54) is 10.7 Å². The number of fused-ring (bicyclic) bond motifs is 3. The summed E-state index contributed by atoms with van der Waals surface area (Å²) < 4.78 is 16.3. The van der Waals surface area contributed by atoms with E-state index in [4.69, 9.17) is 0 Å². The topological polar surface area (TPSA) is 66.0 Å². The maximum atomic E-state index is 14.9. The van der Waals surface area contributed by atoms with E-state index in [0.717, 1.165) is 31.9 Å². The third kappa shape index (κ3) is 2.59. The quantitative estimate of drug-likeness (QED) is 0.574. The highest BCUT2D eigenvalue weighted by Gasteiger charge is 2.18. The van der Waals surface area contributed by atoms with Crippen LogP contribution in [0.4, 0.5) is 10.1 Å². The van der Waals surface area contributed by atoms with Crippen molar-refractivity contribution in [3.63, 3.8) is 0 Å². The second-order valence-corrected chi connectivity index (χ2v) is 6.69. The highest BCUT2D eigenvalue weighted by atomic mass is 19.1. The maximum absolute atomic E-state index is 14.9. The Morgan fingerprint density at radius 3 is 2.59 bits per heavy atom. The Balaban J connectivity index is 1.71. The van der Waals surface area contributed by atoms with Crippen molar-refractivity contribution in [2.75, 3.05) is 31.1 Å². The summed E-state index contributed by atoms with van der Waals surface area (Å²) in [6.45, 7) is 3.17. The average molecular weight is 363 g/mol. The van der Waals surface area contributed by atoms with Gasteiger partial charge < -0.3 is 10.2 Å². The van der Waals surface area contributed by atoms with Gasteiger partial charge in [0.1, 0.15) is 5.82 Å². The average Bonchev–Trinajstić information content (AvgIpc) is 3.06. The summed E-state index contributed by atoms with van der Waals surface area (Å²) in [6.07, 6.45) is 1.56. The number of halogens is 1. The van der Waals surface area contributed by atoms with Crippen molar-refractivity contribution in [2.45, 2.75) is 0 Å². The molecular formula is C20H18FN5O. The number of hydrogen-bond acceptors (Lipinski definition) is 4. The third-order valence-corrected chi connectivity index (χ3v) is 5.07. The summed E-state index contributed by atoms with van der Waals surface area (Å²) in [4.78, 5) is 19.2. The van der Waals surface area contributed by atoms with Crippen molar-refractivity contribution in [3.8, 4) is 5.69 Å². The van der Waals surface area contributed by atoms with Crippen LogP contribution in [0.5, 0.6) is 0 Å². The molecule has 0 radical (unpaired) electrons. The van der Waals surface area contributed by atoms with E-state index in [1.54, 1.807) is 12.3 Å². The molecule has 0 unspecified atom stereocenters. The van der Waals surface area contributed by atoms with E-state index in [-0.39, 0.29) is 11.4 Å². The zero-order valence-corrected chi connectivity index (χ0v) is 14.6. The fraction of sp³-hybridized carbons (Fsp3) is 0.200. The van der Waals surface area contributed by atoms with Crippen molar-refractivity contribution < 1.29 is 4.39 Å². The lowest BCUT2D eigenvalue weighted by Gasteiger charge is -2.29. The second kappa shape index (κ2) is 6.21. The fourth-order valence-electron chi connectivity index (χ4n) is 3.67. The molecule has 0 aliphatic carbocycles. The monoisotopic (exact) mass is 363 g/mol. The van der Waals surface area contributed by atoms with Gasteiger partial charge in [0, 0.05) is 37.8 Å². The minimum atomic E-state index is -0.299. The molecule has 1 fully saturated rings. The number of para-hydroxylation sites is 1. The molecule has 0 spiro atoms. The van der Waals surface area contributed by atoms with Gasteiger partial charge in [-0.1, -0.05) is 18.2 Å². The van der Waals surface area contributed by atoms with Gasteiger partial charge in [0.25, 0.3) is 5.56 Å². The van der Waals surface area contributed by atoms with Gasteiger partial charge in [-0.3, -0.25) is 14.9 Å². The van der Waals surface area contributed by atoms with Gasteiger partial charge in [-0.05, 0) is 24.3 Å². The van der Waals surface area contributed by atoms with Gasteiger partial charge in [-0.15, -0.1) is 0 Å². The van der Waals surface area contributed by atoms with Crippen LogP contribution in [0.2, 0.25) is 0 Å². The molecule has 0 bridgehead atoms. The van der Waals surface area contributed by atoms with Gasteiger partial charge in [-0.25, -0.2) is 9.07 Å². The first-order chi connectivity index (χ1) is 13.2. The summed E-state index contributed by atoms with van der Waals surface area (Å²) in [7, 11) is 0. The minimum Gasteiger partial charge on any atom is -0.367 e. The highest BCUT2D eigenvalue weighted by molar-refractivity contribution is 6.03. The summed E-state index contributed by atoms with van der Waals surface area (Å²) in [5.41, 5.74) is 2.35. The van der Waals surface area contributed by atoms with Crippen molar-refractivity contribution in [3.05, 3.63) is 64.8 Å². The molecule has 2 aromatic heterocycles. The largest absolute Gasteiger partial charge is 0.367 e. The summed E-state index contributed by atoms with van der Waals surface area (Å²) in [5, 5.41) is 7.44. The van der Waals surface area contributed by atoms with Crippen LogP contribution >= 0.6 is 0 Å². The van der Waals surface area contributed by atoms with E-state index in [2.05, 4.69) is 15.4 Å². The van der Waals surface area contributed by atoms with Crippen LogP contribution in [0, 0.1) is 5.82 Å². The van der Waals surface area contributed by atoms with Crippen LogP contribution in [-0.4, -0.2) is 40.9 Å². The van der Waals surface area contributed by atoms with E-state index < -0.39 is 0 Å². The first-order valence-electron chi connectivity index (χ1n) is 8.96. The van der Waals surface area contributed by atoms with Crippen LogP contribution in [0.25, 0.3) is 27.5 Å². The summed E-state index contributed by atoms with van der Waals surface area (Å²) >= 11 is 0. The molecule has 27 heavy (non-hydrogen) atoms. The Hall–Kier alpha value is -3.19. The van der Waals surface area contributed by atoms with Gasteiger partial charge in [0.05, 0.1) is 27.8 Å². The lowest BCUT2D eigenvalue weighted by atomic mass is 10.1. The van der Waals surface area contributed by atoms with Crippen LogP contribution < -0.4 is 15.8 Å². The van der Waals surface area contributed by atoms with Crippen molar-refractivity contribution in [1.82, 2.24) is 20.1 Å². The number of nitrogens with zero attached hydrogens (tertiary/aromatic N) is 3. The van der Waals surface area contributed by atoms with Crippen LogP contribution in [-0.2, 0) is 0 Å². The number of aromatic nitrogens is 3. The number of H-pyrrole nitrogens is 1.